The molecule has 2 heterocycles. The number of ether oxygens (including phenoxy) is 1. The highest BCUT2D eigenvalue weighted by molar-refractivity contribution is 7.10. The van der Waals surface area contributed by atoms with Crippen LogP contribution < -0.4 is 0 Å². The first-order valence-corrected chi connectivity index (χ1v) is 10.2. The molecule has 1 N–H and O–H groups in total. The molecule has 3 rings (SSSR count). The van der Waals surface area contributed by atoms with Crippen LogP contribution in [0, 0.1) is 0 Å². The summed E-state index contributed by atoms with van der Waals surface area (Å²) in [7, 11) is 1.49. The normalized spacial score (nSPS) is 13.5. The Morgan fingerprint density at radius 1 is 1.34 bits per heavy atom. The van der Waals surface area contributed by atoms with Crippen LogP contribution in [0.5, 0.6) is 0 Å². The van der Waals surface area contributed by atoms with Crippen molar-refractivity contribution in [3.63, 3.8) is 0 Å². The van der Waals surface area contributed by atoms with E-state index in [9.17, 15) is 9.90 Å². The lowest BCUT2D eigenvalue weighted by molar-refractivity contribution is 0.0544. The number of rotatable bonds is 5. The molecule has 29 heavy (non-hydrogen) atoms. The van der Waals surface area contributed by atoms with E-state index in [0.29, 0.717) is 33.9 Å². The minimum absolute atomic E-state index is 0.493. The summed E-state index contributed by atoms with van der Waals surface area (Å²) in [5.74, 6) is 0. The maximum absolute atomic E-state index is 12.7. The van der Waals surface area contributed by atoms with Gasteiger partial charge in [0, 0.05) is 22.5 Å². The molecule has 0 amide bonds. The number of aliphatic hydroxyl groups excluding tert-OH is 1. The topological polar surface area (TPSA) is 85.9 Å². The zero-order chi connectivity index (χ0) is 21.2. The van der Waals surface area contributed by atoms with Gasteiger partial charge in [-0.05, 0) is 33.3 Å². The largest absolute Gasteiger partial charge is 0.443 e. The molecule has 1 aromatic carbocycles. The second-order valence-corrected chi connectivity index (χ2v) is 8.39. The first-order valence-electron chi connectivity index (χ1n) is 9.32. The van der Waals surface area contributed by atoms with E-state index >= 15 is 0 Å². The maximum Gasteiger partial charge on any atom is 0.419 e. The zero-order valence-electron chi connectivity index (χ0n) is 17.2. The SMILES string of the molecule is CC/C(=N\OC)c1csc(C(O)c2cn(C(=O)OC(C)(C)C)c3ccccc23)n1. The number of thiazole rings is 1. The van der Waals surface area contributed by atoms with Crippen molar-refractivity contribution in [3.8, 4) is 0 Å². The Kier molecular flexibility index (Phi) is 6.04. The zero-order valence-corrected chi connectivity index (χ0v) is 18.0. The molecule has 7 nitrogen and oxygen atoms in total. The van der Waals surface area contributed by atoms with Crippen LogP contribution in [-0.4, -0.2) is 39.2 Å². The van der Waals surface area contributed by atoms with Gasteiger partial charge in [0.2, 0.25) is 0 Å². The van der Waals surface area contributed by atoms with Crippen LogP contribution in [0.1, 0.15) is 56.5 Å². The molecule has 0 aliphatic rings. The fourth-order valence-electron chi connectivity index (χ4n) is 2.97. The molecule has 0 fully saturated rings. The number of hydrogen-bond acceptors (Lipinski definition) is 7. The Morgan fingerprint density at radius 3 is 2.72 bits per heavy atom. The monoisotopic (exact) mass is 415 g/mol. The molecular weight excluding hydrogens is 390 g/mol. The van der Waals surface area contributed by atoms with E-state index in [1.54, 1.807) is 6.20 Å². The predicted octanol–water partition coefficient (Wildman–Crippen LogP) is 4.72. The van der Waals surface area contributed by atoms with Gasteiger partial charge < -0.3 is 14.7 Å². The van der Waals surface area contributed by atoms with Gasteiger partial charge in [-0.2, -0.15) is 0 Å². The summed E-state index contributed by atoms with van der Waals surface area (Å²) in [6.07, 6.45) is 0.801. The van der Waals surface area contributed by atoms with E-state index in [2.05, 4.69) is 10.1 Å². The van der Waals surface area contributed by atoms with Crippen molar-refractivity contribution >= 4 is 34.0 Å². The fourth-order valence-corrected chi connectivity index (χ4v) is 3.80. The van der Waals surface area contributed by atoms with Gasteiger partial charge in [0.15, 0.2) is 0 Å². The van der Waals surface area contributed by atoms with Gasteiger partial charge in [0.05, 0.1) is 11.2 Å². The Bertz CT molecular complexity index is 1050. The molecule has 8 heteroatoms. The quantitative estimate of drug-likeness (QED) is 0.481. The van der Waals surface area contributed by atoms with E-state index in [0.717, 1.165) is 5.39 Å². The van der Waals surface area contributed by atoms with Crippen LogP contribution in [0.3, 0.4) is 0 Å². The highest BCUT2D eigenvalue weighted by Gasteiger charge is 2.25. The first kappa shape index (κ1) is 21.0. The van der Waals surface area contributed by atoms with Crippen molar-refractivity contribution in [2.45, 2.75) is 45.8 Å². The highest BCUT2D eigenvalue weighted by atomic mass is 32.1. The summed E-state index contributed by atoms with van der Waals surface area (Å²) in [5, 5.41) is 18.1. The molecule has 1 atom stereocenters. The summed E-state index contributed by atoms with van der Waals surface area (Å²) in [6.45, 7) is 7.41. The van der Waals surface area contributed by atoms with E-state index < -0.39 is 17.8 Å². The Balaban J connectivity index is 2.01. The molecule has 1 unspecified atom stereocenters. The third kappa shape index (κ3) is 4.49. The maximum atomic E-state index is 12.7. The summed E-state index contributed by atoms with van der Waals surface area (Å²) < 4.78 is 6.94. The van der Waals surface area contributed by atoms with Crippen LogP contribution in [0.15, 0.2) is 41.0 Å². The Hall–Kier alpha value is -2.71. The molecule has 3 aromatic rings. The van der Waals surface area contributed by atoms with Gasteiger partial charge in [-0.15, -0.1) is 11.3 Å². The summed E-state index contributed by atoms with van der Waals surface area (Å²) in [5.41, 5.74) is 2.02. The number of oxime groups is 1. The Labute approximate surface area is 173 Å². The Morgan fingerprint density at radius 2 is 2.07 bits per heavy atom. The summed E-state index contributed by atoms with van der Waals surface area (Å²) in [6, 6.07) is 7.40. The molecule has 0 saturated carbocycles. The number of nitrogens with zero attached hydrogens (tertiary/aromatic N) is 3. The molecule has 0 spiro atoms. The molecular formula is C21H25N3O4S. The van der Waals surface area contributed by atoms with Gasteiger partial charge in [-0.1, -0.05) is 30.3 Å². The predicted molar refractivity (Wildman–Crippen MR) is 114 cm³/mol. The number of fused-ring (bicyclic) bond motifs is 1. The molecule has 0 saturated heterocycles. The van der Waals surface area contributed by atoms with E-state index in [1.165, 1.54) is 23.0 Å². The minimum atomic E-state index is -0.983. The van der Waals surface area contributed by atoms with Crippen LogP contribution in [0.25, 0.3) is 10.9 Å². The van der Waals surface area contributed by atoms with E-state index in [4.69, 9.17) is 9.57 Å². The number of aliphatic hydroxyl groups is 1. The molecule has 0 bridgehead atoms. The number of hydrogen-bond donors (Lipinski definition) is 1. The van der Waals surface area contributed by atoms with Crippen LogP contribution in [0.4, 0.5) is 4.79 Å². The number of carbonyl (C=O) groups excluding carboxylic acids is 1. The van der Waals surface area contributed by atoms with Crippen LogP contribution in [0.2, 0.25) is 0 Å². The van der Waals surface area contributed by atoms with Crippen molar-refractivity contribution in [1.29, 1.82) is 0 Å². The summed E-state index contributed by atoms with van der Waals surface area (Å²) >= 11 is 1.34. The molecule has 154 valence electrons. The molecule has 0 aliphatic heterocycles. The number of benzene rings is 1. The van der Waals surface area contributed by atoms with Crippen LogP contribution >= 0.6 is 11.3 Å². The average molecular weight is 416 g/mol. The average Bonchev–Trinajstić information content (AvgIpc) is 3.29. The fraction of sp³-hybridized carbons (Fsp3) is 0.381. The molecule has 2 aromatic heterocycles. The molecule has 0 radical (unpaired) electrons. The van der Waals surface area contributed by atoms with Crippen molar-refractivity contribution < 1.29 is 19.5 Å². The lowest BCUT2D eigenvalue weighted by atomic mass is 10.1. The van der Waals surface area contributed by atoms with Gasteiger partial charge >= 0.3 is 6.09 Å². The van der Waals surface area contributed by atoms with Crippen LogP contribution in [-0.2, 0) is 9.57 Å². The van der Waals surface area contributed by atoms with Gasteiger partial charge in [0.25, 0.3) is 0 Å². The van der Waals surface area contributed by atoms with Gasteiger partial charge in [-0.25, -0.2) is 9.78 Å². The smallest absolute Gasteiger partial charge is 0.419 e. The van der Waals surface area contributed by atoms with Crippen molar-refractivity contribution in [2.75, 3.05) is 7.11 Å². The minimum Gasteiger partial charge on any atom is -0.443 e. The van der Waals surface area contributed by atoms with Crippen molar-refractivity contribution in [3.05, 3.63) is 52.1 Å². The highest BCUT2D eigenvalue weighted by Crippen LogP contribution is 2.32. The van der Waals surface area contributed by atoms with Crippen molar-refractivity contribution in [1.82, 2.24) is 9.55 Å². The third-order valence-electron chi connectivity index (χ3n) is 4.22. The van der Waals surface area contributed by atoms with Gasteiger partial charge in [0.1, 0.15) is 29.5 Å². The lowest BCUT2D eigenvalue weighted by Gasteiger charge is -2.19. The number of aromatic nitrogens is 2. The second kappa shape index (κ2) is 8.34. The van der Waals surface area contributed by atoms with E-state index in [1.807, 2.05) is 57.3 Å². The standard InChI is InChI=1S/C21H25N3O4S/c1-6-15(23-27-5)16-12-29-19(22-16)18(25)14-11-24(20(26)28-21(2,3)4)17-10-8-7-9-13(14)17/h7-12,18,25H,6H2,1-5H3/b23-15+. The number of carbonyl (C=O) groups is 1. The van der Waals surface area contributed by atoms with Crippen molar-refractivity contribution in [2.24, 2.45) is 5.16 Å². The van der Waals surface area contributed by atoms with Gasteiger partial charge in [-0.3, -0.25) is 4.57 Å². The number of para-hydroxylation sites is 1. The lowest BCUT2D eigenvalue weighted by Crippen LogP contribution is -2.26. The molecule has 0 aliphatic carbocycles. The van der Waals surface area contributed by atoms with E-state index in [-0.39, 0.29) is 0 Å². The summed E-state index contributed by atoms with van der Waals surface area (Å²) in [4.78, 5) is 22.1. The first-order chi connectivity index (χ1) is 13.7. The third-order valence-corrected chi connectivity index (χ3v) is 5.11. The second-order valence-electron chi connectivity index (χ2n) is 7.50.